The van der Waals surface area contributed by atoms with Crippen LogP contribution in [0, 0.1) is 0 Å². The van der Waals surface area contributed by atoms with Gasteiger partial charge in [-0.3, -0.25) is 9.69 Å². The Morgan fingerprint density at radius 2 is 1.48 bits per heavy atom. The highest BCUT2D eigenvalue weighted by molar-refractivity contribution is 5.84. The molecule has 0 radical (unpaired) electrons. The predicted octanol–water partition coefficient (Wildman–Crippen LogP) is 4.09. The molecule has 0 N–H and O–H groups in total. The smallest absolute Gasteiger partial charge is 0.318 e. The van der Waals surface area contributed by atoms with E-state index < -0.39 is 0 Å². The summed E-state index contributed by atoms with van der Waals surface area (Å²) in [5, 5.41) is 0. The quantitative estimate of drug-likeness (QED) is 0.755. The van der Waals surface area contributed by atoms with Crippen LogP contribution in [-0.4, -0.2) is 36.1 Å². The van der Waals surface area contributed by atoms with Gasteiger partial charge in [-0.2, -0.15) is 0 Å². The molecule has 2 aromatic carbocycles. The molecule has 3 heteroatoms. The van der Waals surface area contributed by atoms with Crippen molar-refractivity contribution in [1.82, 2.24) is 4.90 Å². The Kier molecular flexibility index (Phi) is 4.28. The maximum atomic E-state index is 13.5. The van der Waals surface area contributed by atoms with Gasteiger partial charge in [-0.25, -0.2) is 0 Å². The molecule has 140 valence electrons. The third-order valence-electron chi connectivity index (χ3n) is 7.01. The van der Waals surface area contributed by atoms with E-state index in [1.807, 2.05) is 12.1 Å². The van der Waals surface area contributed by atoms with Crippen molar-refractivity contribution in [1.29, 1.82) is 0 Å². The lowest BCUT2D eigenvalue weighted by Crippen LogP contribution is -2.47. The maximum absolute atomic E-state index is 13.5. The molecule has 2 bridgehead atoms. The fraction of sp³-hybridized carbons (Fsp3) is 0.458. The molecule has 1 aliphatic carbocycles. The zero-order chi connectivity index (χ0) is 18.4. The lowest BCUT2D eigenvalue weighted by molar-refractivity contribution is -0.155. The van der Waals surface area contributed by atoms with Crippen molar-refractivity contribution in [3.05, 3.63) is 70.8 Å². The van der Waals surface area contributed by atoms with Crippen LogP contribution in [0.5, 0.6) is 0 Å². The first-order valence-corrected chi connectivity index (χ1v) is 10.3. The first-order valence-electron chi connectivity index (χ1n) is 10.3. The number of aryl methyl sites for hydroxylation is 2. The first-order chi connectivity index (χ1) is 13.2. The van der Waals surface area contributed by atoms with Crippen LogP contribution in [0.4, 0.5) is 0 Å². The van der Waals surface area contributed by atoms with E-state index in [0.717, 1.165) is 43.2 Å². The molecule has 2 unspecified atom stereocenters. The standard InChI is InChI=1S/C24H27NO2/c1-25-18-12-14-21(25)22(15-13-18)27-24(26)23-19-8-4-2-6-16(19)10-11-17-7-3-5-9-20(17)23/h2-9,18,21-23H,10-15H2,1H3/t18?,21-,22?/m1/s1. The van der Waals surface area contributed by atoms with E-state index in [-0.39, 0.29) is 18.0 Å². The second kappa shape index (κ2) is 6.79. The van der Waals surface area contributed by atoms with E-state index in [9.17, 15) is 4.79 Å². The molecule has 3 nitrogen and oxygen atoms in total. The molecule has 0 spiro atoms. The Balaban J connectivity index is 1.49. The minimum atomic E-state index is -0.302. The Morgan fingerprint density at radius 1 is 0.889 bits per heavy atom. The highest BCUT2D eigenvalue weighted by Gasteiger charge is 2.43. The Morgan fingerprint density at radius 3 is 2.15 bits per heavy atom. The van der Waals surface area contributed by atoms with Crippen molar-refractivity contribution < 1.29 is 9.53 Å². The van der Waals surface area contributed by atoms with Crippen LogP contribution in [0.2, 0.25) is 0 Å². The van der Waals surface area contributed by atoms with Gasteiger partial charge in [0.15, 0.2) is 0 Å². The molecule has 2 aromatic rings. The molecule has 0 saturated carbocycles. The largest absolute Gasteiger partial charge is 0.460 e. The number of esters is 1. The molecule has 5 rings (SSSR count). The second-order valence-corrected chi connectivity index (χ2v) is 8.35. The molecule has 0 aromatic heterocycles. The molecule has 27 heavy (non-hydrogen) atoms. The average Bonchev–Trinajstić information content (AvgIpc) is 2.85. The van der Waals surface area contributed by atoms with E-state index in [2.05, 4.69) is 48.3 Å². The molecule has 2 aliphatic heterocycles. The number of rotatable bonds is 2. The number of nitrogens with zero attached hydrogens (tertiary/aromatic N) is 1. The van der Waals surface area contributed by atoms with Crippen LogP contribution in [0.3, 0.4) is 0 Å². The van der Waals surface area contributed by atoms with Gasteiger partial charge in [-0.1, -0.05) is 48.5 Å². The summed E-state index contributed by atoms with van der Waals surface area (Å²) in [5.41, 5.74) is 4.80. The summed E-state index contributed by atoms with van der Waals surface area (Å²) in [6, 6.07) is 17.9. The first kappa shape index (κ1) is 17.0. The molecule has 3 aliphatic rings. The fourth-order valence-electron chi connectivity index (χ4n) is 5.52. The van der Waals surface area contributed by atoms with Crippen LogP contribution < -0.4 is 0 Å². The summed E-state index contributed by atoms with van der Waals surface area (Å²) in [5.74, 6) is -0.370. The van der Waals surface area contributed by atoms with Crippen LogP contribution in [0.25, 0.3) is 0 Å². The molecule has 2 fully saturated rings. The van der Waals surface area contributed by atoms with Crippen molar-refractivity contribution in [2.45, 2.75) is 62.6 Å². The van der Waals surface area contributed by atoms with Gasteiger partial charge in [0.05, 0.1) is 0 Å². The summed E-state index contributed by atoms with van der Waals surface area (Å²) in [7, 11) is 2.19. The van der Waals surface area contributed by atoms with Crippen LogP contribution in [0.15, 0.2) is 48.5 Å². The summed E-state index contributed by atoms with van der Waals surface area (Å²) in [4.78, 5) is 15.9. The summed E-state index contributed by atoms with van der Waals surface area (Å²) >= 11 is 0. The SMILES string of the molecule is CN1C2CCC(OC(=O)C3c4ccccc4CCc4ccccc43)[C@H]1CC2. The molecule has 2 heterocycles. The van der Waals surface area contributed by atoms with E-state index in [1.165, 1.54) is 17.5 Å². The number of piperidine rings is 1. The lowest BCUT2D eigenvalue weighted by atomic mass is 9.88. The van der Waals surface area contributed by atoms with Crippen LogP contribution in [-0.2, 0) is 22.4 Å². The van der Waals surface area contributed by atoms with Gasteiger partial charge in [0.1, 0.15) is 12.0 Å². The number of carbonyl (C=O) groups is 1. The molecular weight excluding hydrogens is 334 g/mol. The fourth-order valence-corrected chi connectivity index (χ4v) is 5.52. The number of likely N-dealkylation sites (N-methyl/N-ethyl adjacent to an activating group) is 1. The van der Waals surface area contributed by atoms with Crippen molar-refractivity contribution in [3.63, 3.8) is 0 Å². The van der Waals surface area contributed by atoms with Crippen molar-refractivity contribution in [2.24, 2.45) is 0 Å². The Bertz CT molecular complexity index is 813. The van der Waals surface area contributed by atoms with E-state index in [4.69, 9.17) is 4.74 Å². The zero-order valence-corrected chi connectivity index (χ0v) is 15.9. The molecular formula is C24H27NO2. The number of carbonyl (C=O) groups excluding carboxylic acids is 1. The summed E-state index contributed by atoms with van der Waals surface area (Å²) in [6.45, 7) is 0. The lowest BCUT2D eigenvalue weighted by Gasteiger charge is -2.37. The number of benzene rings is 2. The van der Waals surface area contributed by atoms with Gasteiger partial charge in [0.2, 0.25) is 0 Å². The molecule has 2 saturated heterocycles. The number of hydrogen-bond donors (Lipinski definition) is 0. The van der Waals surface area contributed by atoms with E-state index >= 15 is 0 Å². The van der Waals surface area contributed by atoms with Gasteiger partial charge in [-0.05, 0) is 67.8 Å². The predicted molar refractivity (Wildman–Crippen MR) is 106 cm³/mol. The summed E-state index contributed by atoms with van der Waals surface area (Å²) < 4.78 is 6.22. The van der Waals surface area contributed by atoms with Gasteiger partial charge in [0.25, 0.3) is 0 Å². The van der Waals surface area contributed by atoms with Gasteiger partial charge < -0.3 is 4.74 Å². The molecule has 0 amide bonds. The van der Waals surface area contributed by atoms with Gasteiger partial charge in [0, 0.05) is 12.1 Å². The van der Waals surface area contributed by atoms with Gasteiger partial charge >= 0.3 is 5.97 Å². The number of fused-ring (bicyclic) bond motifs is 4. The van der Waals surface area contributed by atoms with Crippen LogP contribution in [0.1, 0.15) is 53.9 Å². The third kappa shape index (κ3) is 2.89. The number of hydrogen-bond acceptors (Lipinski definition) is 3. The van der Waals surface area contributed by atoms with Crippen molar-refractivity contribution in [2.75, 3.05) is 7.05 Å². The zero-order valence-electron chi connectivity index (χ0n) is 15.9. The highest BCUT2D eigenvalue weighted by atomic mass is 16.5. The van der Waals surface area contributed by atoms with Crippen molar-refractivity contribution >= 4 is 5.97 Å². The average molecular weight is 361 g/mol. The highest BCUT2D eigenvalue weighted by Crippen LogP contribution is 2.39. The third-order valence-corrected chi connectivity index (χ3v) is 7.01. The maximum Gasteiger partial charge on any atom is 0.318 e. The second-order valence-electron chi connectivity index (χ2n) is 8.35. The topological polar surface area (TPSA) is 29.5 Å². The molecule has 3 atom stereocenters. The Labute approximate surface area is 161 Å². The minimum absolute atomic E-state index is 0.0313. The Hall–Kier alpha value is -2.13. The monoisotopic (exact) mass is 361 g/mol. The summed E-state index contributed by atoms with van der Waals surface area (Å²) in [6.07, 6.45) is 6.52. The van der Waals surface area contributed by atoms with Crippen LogP contribution >= 0.6 is 0 Å². The normalized spacial score (nSPS) is 27.5. The van der Waals surface area contributed by atoms with E-state index in [1.54, 1.807) is 0 Å². The number of ether oxygens (including phenoxy) is 1. The van der Waals surface area contributed by atoms with E-state index in [0.29, 0.717) is 12.1 Å². The van der Waals surface area contributed by atoms with Gasteiger partial charge in [-0.15, -0.1) is 0 Å². The minimum Gasteiger partial charge on any atom is -0.460 e. The van der Waals surface area contributed by atoms with Crippen molar-refractivity contribution in [3.8, 4) is 0 Å².